The zero-order chi connectivity index (χ0) is 6.85. The molecule has 1 fully saturated rings. The molecule has 1 rings (SSSR count). The fraction of sp³-hybridized carbons (Fsp3) is 0.857. The second kappa shape index (κ2) is 2.38. The minimum Gasteiger partial charge on any atom is -0.369 e. The van der Waals surface area contributed by atoms with Crippen LogP contribution in [0.5, 0.6) is 0 Å². The van der Waals surface area contributed by atoms with Gasteiger partial charge >= 0.3 is 0 Å². The van der Waals surface area contributed by atoms with Crippen LogP contribution in [-0.2, 0) is 4.79 Å². The first-order valence-corrected chi connectivity index (χ1v) is 3.51. The Morgan fingerprint density at radius 1 is 1.56 bits per heavy atom. The van der Waals surface area contributed by atoms with Gasteiger partial charge in [-0.05, 0) is 18.8 Å². The summed E-state index contributed by atoms with van der Waals surface area (Å²) in [6.45, 7) is 2.10. The molecule has 2 heteroatoms. The van der Waals surface area contributed by atoms with Crippen molar-refractivity contribution in [3.8, 4) is 0 Å². The minimum absolute atomic E-state index is 0.111. The van der Waals surface area contributed by atoms with E-state index in [2.05, 4.69) is 6.92 Å². The van der Waals surface area contributed by atoms with Crippen LogP contribution in [0.25, 0.3) is 0 Å². The molecule has 0 aliphatic heterocycles. The molecule has 2 N–H and O–H groups in total. The van der Waals surface area contributed by atoms with E-state index >= 15 is 0 Å². The summed E-state index contributed by atoms with van der Waals surface area (Å²) in [6.07, 6.45) is 3.36. The normalized spacial score (nSPS) is 34.8. The van der Waals surface area contributed by atoms with E-state index in [9.17, 15) is 4.79 Å². The van der Waals surface area contributed by atoms with Gasteiger partial charge in [0.15, 0.2) is 0 Å². The van der Waals surface area contributed by atoms with Gasteiger partial charge in [0.1, 0.15) is 0 Å². The summed E-state index contributed by atoms with van der Waals surface area (Å²) in [7, 11) is 0. The molecule has 0 bridgehead atoms. The quantitative estimate of drug-likeness (QED) is 0.559. The number of carbonyl (C=O) groups excluding carboxylic acids is 1. The first-order chi connectivity index (χ1) is 4.22. The first kappa shape index (κ1) is 6.59. The van der Waals surface area contributed by atoms with E-state index in [1.165, 1.54) is 12.8 Å². The van der Waals surface area contributed by atoms with Crippen molar-refractivity contribution in [1.82, 2.24) is 0 Å². The predicted octanol–water partition coefficient (Wildman–Crippen LogP) is 0.908. The van der Waals surface area contributed by atoms with Crippen LogP contribution in [0.4, 0.5) is 0 Å². The fourth-order valence-electron chi connectivity index (χ4n) is 1.57. The van der Waals surface area contributed by atoms with Crippen LogP contribution in [0.15, 0.2) is 0 Å². The average Bonchev–Trinajstić information content (AvgIpc) is 2.13. The molecule has 1 aliphatic rings. The van der Waals surface area contributed by atoms with Crippen molar-refractivity contribution < 1.29 is 4.79 Å². The Balaban J connectivity index is 2.49. The summed E-state index contributed by atoms with van der Waals surface area (Å²) >= 11 is 0. The number of nitrogens with two attached hydrogens (primary N) is 1. The van der Waals surface area contributed by atoms with Gasteiger partial charge in [-0.2, -0.15) is 0 Å². The molecule has 0 aromatic rings. The maximum absolute atomic E-state index is 10.6. The summed E-state index contributed by atoms with van der Waals surface area (Å²) in [5.74, 6) is 0.590. The van der Waals surface area contributed by atoms with Crippen molar-refractivity contribution in [2.75, 3.05) is 0 Å². The maximum atomic E-state index is 10.6. The molecule has 2 unspecified atom stereocenters. The number of primary amides is 1. The van der Waals surface area contributed by atoms with Crippen molar-refractivity contribution >= 4 is 5.91 Å². The highest BCUT2D eigenvalue weighted by atomic mass is 16.1. The molecule has 0 saturated heterocycles. The molecule has 0 aromatic heterocycles. The molecule has 0 radical (unpaired) electrons. The smallest absolute Gasteiger partial charge is 0.220 e. The molecule has 1 saturated carbocycles. The van der Waals surface area contributed by atoms with Gasteiger partial charge in [-0.3, -0.25) is 4.79 Å². The number of hydrogen-bond donors (Lipinski definition) is 1. The van der Waals surface area contributed by atoms with Gasteiger partial charge in [0.05, 0.1) is 0 Å². The summed E-state index contributed by atoms with van der Waals surface area (Å²) in [6, 6.07) is 0. The van der Waals surface area contributed by atoms with Gasteiger partial charge < -0.3 is 5.73 Å². The Bertz CT molecular complexity index is 122. The molecule has 1 amide bonds. The van der Waals surface area contributed by atoms with E-state index in [1.54, 1.807) is 0 Å². The third-order valence-electron chi connectivity index (χ3n) is 2.23. The molecular formula is C7H13NO. The van der Waals surface area contributed by atoms with E-state index in [1.807, 2.05) is 0 Å². The van der Waals surface area contributed by atoms with Gasteiger partial charge in [0, 0.05) is 5.92 Å². The minimum atomic E-state index is -0.111. The SMILES string of the molecule is CC1CCCC1C(N)=O. The lowest BCUT2D eigenvalue weighted by molar-refractivity contribution is -0.122. The van der Waals surface area contributed by atoms with Crippen molar-refractivity contribution in [3.05, 3.63) is 0 Å². The lowest BCUT2D eigenvalue weighted by Crippen LogP contribution is -2.24. The zero-order valence-electron chi connectivity index (χ0n) is 5.76. The predicted molar refractivity (Wildman–Crippen MR) is 35.7 cm³/mol. The molecule has 2 atom stereocenters. The molecule has 2 nitrogen and oxygen atoms in total. The second-order valence-corrected chi connectivity index (χ2v) is 2.92. The van der Waals surface area contributed by atoms with Gasteiger partial charge in [-0.15, -0.1) is 0 Å². The molecular weight excluding hydrogens is 114 g/mol. The van der Waals surface area contributed by atoms with Crippen LogP contribution in [-0.4, -0.2) is 5.91 Å². The highest BCUT2D eigenvalue weighted by Crippen LogP contribution is 2.30. The Kier molecular flexibility index (Phi) is 1.74. The van der Waals surface area contributed by atoms with Crippen LogP contribution < -0.4 is 5.73 Å². The van der Waals surface area contributed by atoms with Gasteiger partial charge in [0.25, 0.3) is 0 Å². The van der Waals surface area contributed by atoms with Crippen molar-refractivity contribution in [3.63, 3.8) is 0 Å². The molecule has 0 heterocycles. The Morgan fingerprint density at radius 3 is 2.44 bits per heavy atom. The highest BCUT2D eigenvalue weighted by molar-refractivity contribution is 5.77. The fourth-order valence-corrected chi connectivity index (χ4v) is 1.57. The monoisotopic (exact) mass is 127 g/mol. The molecule has 1 aliphatic carbocycles. The van der Waals surface area contributed by atoms with E-state index in [4.69, 9.17) is 5.73 Å². The van der Waals surface area contributed by atoms with Crippen molar-refractivity contribution in [2.45, 2.75) is 26.2 Å². The standard InChI is InChI=1S/C7H13NO/c1-5-3-2-4-6(5)7(8)9/h5-6H,2-4H2,1H3,(H2,8,9). The lowest BCUT2D eigenvalue weighted by atomic mass is 9.98. The third-order valence-corrected chi connectivity index (χ3v) is 2.23. The Morgan fingerprint density at radius 2 is 2.22 bits per heavy atom. The topological polar surface area (TPSA) is 43.1 Å². The lowest BCUT2D eigenvalue weighted by Gasteiger charge is -2.08. The van der Waals surface area contributed by atoms with E-state index < -0.39 is 0 Å². The van der Waals surface area contributed by atoms with Crippen molar-refractivity contribution in [1.29, 1.82) is 0 Å². The molecule has 9 heavy (non-hydrogen) atoms. The van der Waals surface area contributed by atoms with Gasteiger partial charge in [-0.25, -0.2) is 0 Å². The van der Waals surface area contributed by atoms with Crippen LogP contribution in [0.3, 0.4) is 0 Å². The summed E-state index contributed by atoms with van der Waals surface area (Å²) in [5, 5.41) is 0. The Labute approximate surface area is 55.4 Å². The Hall–Kier alpha value is -0.530. The summed E-state index contributed by atoms with van der Waals surface area (Å²) < 4.78 is 0. The van der Waals surface area contributed by atoms with Crippen LogP contribution in [0, 0.1) is 11.8 Å². The first-order valence-electron chi connectivity index (χ1n) is 3.51. The number of carbonyl (C=O) groups is 1. The average molecular weight is 127 g/mol. The van der Waals surface area contributed by atoms with Crippen molar-refractivity contribution in [2.24, 2.45) is 17.6 Å². The van der Waals surface area contributed by atoms with E-state index in [0.717, 1.165) is 6.42 Å². The second-order valence-electron chi connectivity index (χ2n) is 2.92. The number of hydrogen-bond acceptors (Lipinski definition) is 1. The molecule has 52 valence electrons. The zero-order valence-corrected chi connectivity index (χ0v) is 5.76. The van der Waals surface area contributed by atoms with Gasteiger partial charge in [-0.1, -0.05) is 13.3 Å². The maximum Gasteiger partial charge on any atom is 0.220 e. The summed E-state index contributed by atoms with van der Waals surface area (Å²) in [5.41, 5.74) is 5.15. The van der Waals surface area contributed by atoms with E-state index in [-0.39, 0.29) is 11.8 Å². The number of rotatable bonds is 1. The molecule has 0 aromatic carbocycles. The highest BCUT2D eigenvalue weighted by Gasteiger charge is 2.27. The van der Waals surface area contributed by atoms with Crippen LogP contribution in [0.2, 0.25) is 0 Å². The third kappa shape index (κ3) is 1.23. The molecule has 0 spiro atoms. The van der Waals surface area contributed by atoms with Crippen LogP contribution >= 0.6 is 0 Å². The largest absolute Gasteiger partial charge is 0.369 e. The van der Waals surface area contributed by atoms with E-state index in [0.29, 0.717) is 5.92 Å². The summed E-state index contributed by atoms with van der Waals surface area (Å²) in [4.78, 5) is 10.6. The number of amides is 1. The van der Waals surface area contributed by atoms with Crippen LogP contribution in [0.1, 0.15) is 26.2 Å². The van der Waals surface area contributed by atoms with Gasteiger partial charge in [0.2, 0.25) is 5.91 Å².